The fourth-order valence-corrected chi connectivity index (χ4v) is 2.33. The SMILES string of the molecule is Cc1c(NC2CCOCC2)cncc1C(C)C. The molecule has 0 saturated carbocycles. The van der Waals surface area contributed by atoms with E-state index in [4.69, 9.17) is 4.74 Å². The smallest absolute Gasteiger partial charge is 0.0561 e. The monoisotopic (exact) mass is 234 g/mol. The van der Waals surface area contributed by atoms with E-state index in [1.165, 1.54) is 16.8 Å². The lowest BCUT2D eigenvalue weighted by atomic mass is 9.99. The standard InChI is InChI=1S/C14H22N2O/c1-10(2)13-8-15-9-14(11(13)3)16-12-4-6-17-7-5-12/h8-10,12,16H,4-7H2,1-3H3. The molecule has 1 fully saturated rings. The molecule has 3 heteroatoms. The molecule has 0 unspecified atom stereocenters. The van der Waals surface area contributed by atoms with Gasteiger partial charge in [-0.05, 0) is 36.8 Å². The minimum atomic E-state index is 0.527. The largest absolute Gasteiger partial charge is 0.381 e. The first-order valence-corrected chi connectivity index (χ1v) is 6.47. The fourth-order valence-electron chi connectivity index (χ4n) is 2.33. The van der Waals surface area contributed by atoms with Crippen molar-refractivity contribution in [3.8, 4) is 0 Å². The summed E-state index contributed by atoms with van der Waals surface area (Å²) in [7, 11) is 0. The highest BCUT2D eigenvalue weighted by Gasteiger charge is 2.15. The van der Waals surface area contributed by atoms with Crippen molar-refractivity contribution in [3.05, 3.63) is 23.5 Å². The predicted octanol–water partition coefficient (Wildman–Crippen LogP) is 3.10. The Morgan fingerprint density at radius 1 is 1.29 bits per heavy atom. The molecule has 0 aromatic carbocycles. The van der Waals surface area contributed by atoms with Crippen LogP contribution in [0.25, 0.3) is 0 Å². The zero-order valence-corrected chi connectivity index (χ0v) is 11.0. The minimum absolute atomic E-state index is 0.527. The highest BCUT2D eigenvalue weighted by molar-refractivity contribution is 5.53. The van der Waals surface area contributed by atoms with Crippen LogP contribution in [0.4, 0.5) is 5.69 Å². The van der Waals surface area contributed by atoms with Gasteiger partial charge < -0.3 is 10.1 Å². The van der Waals surface area contributed by atoms with E-state index in [1.807, 2.05) is 12.4 Å². The van der Waals surface area contributed by atoms with Crippen molar-refractivity contribution < 1.29 is 4.74 Å². The van der Waals surface area contributed by atoms with Gasteiger partial charge in [0.25, 0.3) is 0 Å². The van der Waals surface area contributed by atoms with Gasteiger partial charge in [-0.1, -0.05) is 13.8 Å². The van der Waals surface area contributed by atoms with E-state index in [0.29, 0.717) is 12.0 Å². The molecule has 17 heavy (non-hydrogen) atoms. The van der Waals surface area contributed by atoms with Crippen LogP contribution in [0.5, 0.6) is 0 Å². The normalized spacial score (nSPS) is 17.4. The van der Waals surface area contributed by atoms with Crippen LogP contribution in [0, 0.1) is 6.92 Å². The lowest BCUT2D eigenvalue weighted by Crippen LogP contribution is -2.28. The van der Waals surface area contributed by atoms with Crippen LogP contribution in [0.2, 0.25) is 0 Å². The van der Waals surface area contributed by atoms with Crippen LogP contribution >= 0.6 is 0 Å². The third kappa shape index (κ3) is 2.97. The first kappa shape index (κ1) is 12.4. The number of hydrogen-bond donors (Lipinski definition) is 1. The van der Waals surface area contributed by atoms with Crippen LogP contribution < -0.4 is 5.32 Å². The Morgan fingerprint density at radius 3 is 2.65 bits per heavy atom. The summed E-state index contributed by atoms with van der Waals surface area (Å²) in [5.41, 5.74) is 3.85. The Labute approximate surface area is 104 Å². The van der Waals surface area contributed by atoms with Crippen LogP contribution in [-0.4, -0.2) is 24.2 Å². The maximum Gasteiger partial charge on any atom is 0.0561 e. The van der Waals surface area contributed by atoms with Gasteiger partial charge in [0.05, 0.1) is 11.9 Å². The van der Waals surface area contributed by atoms with Crippen molar-refractivity contribution in [2.24, 2.45) is 0 Å². The number of rotatable bonds is 3. The topological polar surface area (TPSA) is 34.1 Å². The molecule has 1 aliphatic heterocycles. The second-order valence-corrected chi connectivity index (χ2v) is 5.09. The maximum absolute atomic E-state index is 5.37. The Kier molecular flexibility index (Phi) is 4.00. The molecule has 3 nitrogen and oxygen atoms in total. The van der Waals surface area contributed by atoms with E-state index >= 15 is 0 Å². The summed E-state index contributed by atoms with van der Waals surface area (Å²) >= 11 is 0. The van der Waals surface area contributed by atoms with Gasteiger partial charge in [0.1, 0.15) is 0 Å². The van der Waals surface area contributed by atoms with Crippen molar-refractivity contribution in [2.75, 3.05) is 18.5 Å². The third-order valence-electron chi connectivity index (χ3n) is 3.46. The fraction of sp³-hybridized carbons (Fsp3) is 0.643. The van der Waals surface area contributed by atoms with Crippen LogP contribution in [-0.2, 0) is 4.74 Å². The molecular weight excluding hydrogens is 212 g/mol. The molecule has 1 saturated heterocycles. The molecule has 2 heterocycles. The Morgan fingerprint density at radius 2 is 2.00 bits per heavy atom. The van der Waals surface area contributed by atoms with E-state index < -0.39 is 0 Å². The quantitative estimate of drug-likeness (QED) is 0.872. The molecule has 0 aliphatic carbocycles. The lowest BCUT2D eigenvalue weighted by molar-refractivity contribution is 0.0904. The number of hydrogen-bond acceptors (Lipinski definition) is 3. The summed E-state index contributed by atoms with van der Waals surface area (Å²) in [6, 6.07) is 0.534. The lowest BCUT2D eigenvalue weighted by Gasteiger charge is -2.25. The summed E-state index contributed by atoms with van der Waals surface area (Å²) in [5.74, 6) is 0.527. The number of pyridine rings is 1. The molecule has 1 aliphatic rings. The van der Waals surface area contributed by atoms with Gasteiger partial charge in [-0.2, -0.15) is 0 Å². The third-order valence-corrected chi connectivity index (χ3v) is 3.46. The van der Waals surface area contributed by atoms with E-state index in [0.717, 1.165) is 26.1 Å². The maximum atomic E-state index is 5.37. The summed E-state index contributed by atoms with van der Waals surface area (Å²) in [4.78, 5) is 4.34. The average molecular weight is 234 g/mol. The van der Waals surface area contributed by atoms with Gasteiger partial charge in [-0.25, -0.2) is 0 Å². The summed E-state index contributed by atoms with van der Waals surface area (Å²) in [5, 5.41) is 3.60. The van der Waals surface area contributed by atoms with Gasteiger partial charge in [0, 0.05) is 25.5 Å². The highest BCUT2D eigenvalue weighted by Crippen LogP contribution is 2.25. The van der Waals surface area contributed by atoms with Gasteiger partial charge in [0.15, 0.2) is 0 Å². The molecular formula is C14H22N2O. The van der Waals surface area contributed by atoms with E-state index in [-0.39, 0.29) is 0 Å². The van der Waals surface area contributed by atoms with Crippen LogP contribution in [0.15, 0.2) is 12.4 Å². The Hall–Kier alpha value is -1.09. The second-order valence-electron chi connectivity index (χ2n) is 5.09. The second kappa shape index (κ2) is 5.50. The van der Waals surface area contributed by atoms with Crippen molar-refractivity contribution >= 4 is 5.69 Å². The number of nitrogens with zero attached hydrogens (tertiary/aromatic N) is 1. The number of aromatic nitrogens is 1. The van der Waals surface area contributed by atoms with Crippen molar-refractivity contribution in [3.63, 3.8) is 0 Å². The minimum Gasteiger partial charge on any atom is -0.381 e. The van der Waals surface area contributed by atoms with Gasteiger partial charge in [0.2, 0.25) is 0 Å². The molecule has 1 aromatic heterocycles. The zero-order chi connectivity index (χ0) is 12.3. The van der Waals surface area contributed by atoms with Crippen LogP contribution in [0.1, 0.15) is 43.7 Å². The summed E-state index contributed by atoms with van der Waals surface area (Å²) in [6.45, 7) is 8.34. The average Bonchev–Trinajstić information content (AvgIpc) is 2.33. The first-order valence-electron chi connectivity index (χ1n) is 6.47. The predicted molar refractivity (Wildman–Crippen MR) is 70.5 cm³/mol. The zero-order valence-electron chi connectivity index (χ0n) is 11.0. The number of ether oxygens (including phenoxy) is 1. The molecule has 94 valence electrons. The number of nitrogens with one attached hydrogen (secondary N) is 1. The van der Waals surface area contributed by atoms with E-state index in [1.54, 1.807) is 0 Å². The molecule has 1 aromatic rings. The van der Waals surface area contributed by atoms with Crippen molar-refractivity contribution in [1.82, 2.24) is 4.98 Å². The molecule has 0 bridgehead atoms. The molecule has 0 amide bonds. The molecule has 0 spiro atoms. The van der Waals surface area contributed by atoms with Gasteiger partial charge in [-0.15, -0.1) is 0 Å². The van der Waals surface area contributed by atoms with E-state index in [2.05, 4.69) is 31.1 Å². The Balaban J connectivity index is 2.12. The number of anilines is 1. The molecule has 1 N–H and O–H groups in total. The summed E-state index contributed by atoms with van der Waals surface area (Å²) in [6.07, 6.45) is 6.10. The van der Waals surface area contributed by atoms with Gasteiger partial charge >= 0.3 is 0 Å². The van der Waals surface area contributed by atoms with Gasteiger partial charge in [-0.3, -0.25) is 4.98 Å². The molecule has 0 atom stereocenters. The summed E-state index contributed by atoms with van der Waals surface area (Å²) < 4.78 is 5.37. The highest BCUT2D eigenvalue weighted by atomic mass is 16.5. The first-order chi connectivity index (χ1) is 8.18. The van der Waals surface area contributed by atoms with Crippen LogP contribution in [0.3, 0.4) is 0 Å². The molecule has 0 radical (unpaired) electrons. The van der Waals surface area contributed by atoms with Crippen molar-refractivity contribution in [2.45, 2.75) is 45.6 Å². The molecule has 2 rings (SSSR count). The van der Waals surface area contributed by atoms with Crippen molar-refractivity contribution in [1.29, 1.82) is 0 Å². The Bertz CT molecular complexity index is 370. The van der Waals surface area contributed by atoms with E-state index in [9.17, 15) is 0 Å².